The van der Waals surface area contributed by atoms with Crippen LogP contribution in [-0.4, -0.2) is 9.97 Å². The highest BCUT2D eigenvalue weighted by atomic mass is 14.7. The quantitative estimate of drug-likeness (QED) is 0.322. The van der Waals surface area contributed by atoms with Crippen molar-refractivity contribution in [1.82, 2.24) is 9.97 Å². The number of aromatic nitrogens is 2. The van der Waals surface area contributed by atoms with Crippen LogP contribution in [0.1, 0.15) is 49.9 Å². The molecule has 0 radical (unpaired) electrons. The summed E-state index contributed by atoms with van der Waals surface area (Å²) in [4.78, 5) is 6.98. The third kappa shape index (κ3) is 3.63. The summed E-state index contributed by atoms with van der Waals surface area (Å²) in [6.45, 7) is 8.91. The Balaban J connectivity index is 1.60. The Kier molecular flexibility index (Phi) is 5.94. The SMILES string of the molecule is CCc1c[nH]c(-c2ccc(-c3ccc(-c4[nH]cc(CC)c4CC)cc3)cc2)c1CC. The van der Waals surface area contributed by atoms with Crippen LogP contribution in [0.2, 0.25) is 0 Å². The number of nitrogens with one attached hydrogen (secondary N) is 2. The molecule has 0 aliphatic heterocycles. The predicted octanol–water partition coefficient (Wildman–Crippen LogP) is 7.59. The Labute approximate surface area is 180 Å². The summed E-state index contributed by atoms with van der Waals surface area (Å²) in [5.41, 5.74) is 13.3. The zero-order valence-corrected chi connectivity index (χ0v) is 18.6. The van der Waals surface area contributed by atoms with E-state index in [0.717, 1.165) is 25.7 Å². The molecule has 4 rings (SSSR count). The van der Waals surface area contributed by atoms with Gasteiger partial charge in [-0.05, 0) is 70.2 Å². The average molecular weight is 397 g/mol. The molecule has 0 aliphatic rings. The van der Waals surface area contributed by atoms with Gasteiger partial charge in [0.25, 0.3) is 0 Å². The van der Waals surface area contributed by atoms with Crippen LogP contribution in [0.4, 0.5) is 0 Å². The number of benzene rings is 2. The monoisotopic (exact) mass is 396 g/mol. The van der Waals surface area contributed by atoms with E-state index in [1.54, 1.807) is 0 Å². The van der Waals surface area contributed by atoms with E-state index in [1.165, 1.54) is 55.9 Å². The minimum absolute atomic E-state index is 1.06. The Morgan fingerprint density at radius 2 is 0.800 bits per heavy atom. The maximum absolute atomic E-state index is 3.49. The van der Waals surface area contributed by atoms with Gasteiger partial charge in [-0.15, -0.1) is 0 Å². The van der Waals surface area contributed by atoms with Crippen molar-refractivity contribution in [3.8, 4) is 33.6 Å². The van der Waals surface area contributed by atoms with Crippen LogP contribution in [0.15, 0.2) is 60.9 Å². The summed E-state index contributed by atoms with van der Waals surface area (Å²) in [6.07, 6.45) is 8.59. The molecule has 0 unspecified atom stereocenters. The number of hydrogen-bond acceptors (Lipinski definition) is 0. The number of H-pyrrole nitrogens is 2. The molecule has 2 heteroatoms. The molecule has 0 saturated heterocycles. The maximum atomic E-state index is 3.49. The van der Waals surface area contributed by atoms with Gasteiger partial charge in [-0.25, -0.2) is 0 Å². The van der Waals surface area contributed by atoms with Gasteiger partial charge in [-0.1, -0.05) is 76.2 Å². The average Bonchev–Trinajstić information content (AvgIpc) is 3.42. The molecule has 0 atom stereocenters. The zero-order valence-electron chi connectivity index (χ0n) is 18.6. The van der Waals surface area contributed by atoms with Crippen molar-refractivity contribution < 1.29 is 0 Å². The fourth-order valence-electron chi connectivity index (χ4n) is 4.60. The van der Waals surface area contributed by atoms with E-state index in [4.69, 9.17) is 0 Å². The van der Waals surface area contributed by atoms with Gasteiger partial charge in [-0.2, -0.15) is 0 Å². The second-order valence-corrected chi connectivity index (χ2v) is 7.90. The Bertz CT molecular complexity index is 1020. The molecule has 0 aliphatic carbocycles. The lowest BCUT2D eigenvalue weighted by atomic mass is 9.97. The van der Waals surface area contributed by atoms with Gasteiger partial charge in [-0.3, -0.25) is 0 Å². The summed E-state index contributed by atoms with van der Waals surface area (Å²) in [6, 6.07) is 17.9. The third-order valence-corrected chi connectivity index (χ3v) is 6.31. The Morgan fingerprint density at radius 1 is 0.467 bits per heavy atom. The molecular weight excluding hydrogens is 364 g/mol. The van der Waals surface area contributed by atoms with Crippen molar-refractivity contribution in [3.63, 3.8) is 0 Å². The molecule has 0 fully saturated rings. The highest BCUT2D eigenvalue weighted by Gasteiger charge is 2.12. The van der Waals surface area contributed by atoms with Crippen molar-refractivity contribution in [1.29, 1.82) is 0 Å². The van der Waals surface area contributed by atoms with E-state index in [1.807, 2.05) is 0 Å². The highest BCUT2D eigenvalue weighted by molar-refractivity contribution is 5.74. The Hall–Kier alpha value is -3.00. The van der Waals surface area contributed by atoms with Crippen LogP contribution < -0.4 is 0 Å². The number of aryl methyl sites for hydroxylation is 2. The predicted molar refractivity (Wildman–Crippen MR) is 129 cm³/mol. The first-order valence-electron chi connectivity index (χ1n) is 11.3. The van der Waals surface area contributed by atoms with Gasteiger partial charge < -0.3 is 9.97 Å². The van der Waals surface area contributed by atoms with E-state index in [0.29, 0.717) is 0 Å². The summed E-state index contributed by atoms with van der Waals surface area (Å²) in [5.74, 6) is 0. The molecule has 2 aromatic heterocycles. The van der Waals surface area contributed by atoms with Crippen LogP contribution in [0, 0.1) is 0 Å². The number of aromatic amines is 2. The van der Waals surface area contributed by atoms with Gasteiger partial charge in [0.2, 0.25) is 0 Å². The minimum Gasteiger partial charge on any atom is -0.361 e. The molecule has 154 valence electrons. The van der Waals surface area contributed by atoms with Gasteiger partial charge >= 0.3 is 0 Å². The van der Waals surface area contributed by atoms with Gasteiger partial charge in [0, 0.05) is 23.8 Å². The zero-order chi connectivity index (χ0) is 21.1. The molecule has 30 heavy (non-hydrogen) atoms. The second-order valence-electron chi connectivity index (χ2n) is 7.90. The van der Waals surface area contributed by atoms with E-state index in [-0.39, 0.29) is 0 Å². The van der Waals surface area contributed by atoms with Crippen LogP contribution in [0.3, 0.4) is 0 Å². The van der Waals surface area contributed by atoms with Gasteiger partial charge in [0.15, 0.2) is 0 Å². The molecular formula is C28H32N2. The van der Waals surface area contributed by atoms with E-state index >= 15 is 0 Å². The van der Waals surface area contributed by atoms with Crippen molar-refractivity contribution in [2.24, 2.45) is 0 Å². The minimum atomic E-state index is 1.06. The molecule has 2 aromatic carbocycles. The molecule has 2 nitrogen and oxygen atoms in total. The number of hydrogen-bond donors (Lipinski definition) is 2. The summed E-state index contributed by atoms with van der Waals surface area (Å²) >= 11 is 0. The standard InChI is InChI=1S/C28H32N2/c1-5-19-17-29-27(25(19)7-3)23-13-9-21(10-14-23)22-11-15-24(16-12-22)28-26(8-4)20(6-2)18-30-28/h9-18,29-30H,5-8H2,1-4H3. The Morgan fingerprint density at radius 3 is 1.10 bits per heavy atom. The largest absolute Gasteiger partial charge is 0.361 e. The summed E-state index contributed by atoms with van der Waals surface area (Å²) in [7, 11) is 0. The van der Waals surface area contributed by atoms with Crippen molar-refractivity contribution in [3.05, 3.63) is 83.2 Å². The first-order valence-corrected chi connectivity index (χ1v) is 11.3. The summed E-state index contributed by atoms with van der Waals surface area (Å²) in [5, 5.41) is 0. The van der Waals surface area contributed by atoms with Crippen LogP contribution in [0.5, 0.6) is 0 Å². The first kappa shape index (κ1) is 20.3. The lowest BCUT2D eigenvalue weighted by Gasteiger charge is -2.08. The van der Waals surface area contributed by atoms with E-state index in [9.17, 15) is 0 Å². The molecule has 2 heterocycles. The maximum Gasteiger partial charge on any atom is 0.0489 e. The lowest BCUT2D eigenvalue weighted by Crippen LogP contribution is -1.89. The molecule has 4 aromatic rings. The van der Waals surface area contributed by atoms with Crippen molar-refractivity contribution in [2.45, 2.75) is 53.4 Å². The fourth-order valence-corrected chi connectivity index (χ4v) is 4.60. The smallest absolute Gasteiger partial charge is 0.0489 e. The van der Waals surface area contributed by atoms with E-state index in [2.05, 4.69) is 98.6 Å². The lowest BCUT2D eigenvalue weighted by molar-refractivity contribution is 1.06. The molecule has 0 bridgehead atoms. The van der Waals surface area contributed by atoms with Gasteiger partial charge in [0.1, 0.15) is 0 Å². The van der Waals surface area contributed by atoms with Crippen molar-refractivity contribution >= 4 is 0 Å². The normalized spacial score (nSPS) is 11.2. The van der Waals surface area contributed by atoms with Crippen molar-refractivity contribution in [2.75, 3.05) is 0 Å². The molecule has 0 saturated carbocycles. The number of rotatable bonds is 7. The van der Waals surface area contributed by atoms with Crippen LogP contribution >= 0.6 is 0 Å². The van der Waals surface area contributed by atoms with E-state index < -0.39 is 0 Å². The molecule has 0 spiro atoms. The van der Waals surface area contributed by atoms with Crippen LogP contribution in [-0.2, 0) is 25.7 Å². The molecule has 0 amide bonds. The first-order chi connectivity index (χ1) is 14.7. The highest BCUT2D eigenvalue weighted by Crippen LogP contribution is 2.31. The van der Waals surface area contributed by atoms with Gasteiger partial charge in [0.05, 0.1) is 0 Å². The topological polar surface area (TPSA) is 31.6 Å². The fraction of sp³-hybridized carbons (Fsp3) is 0.286. The second kappa shape index (κ2) is 8.79. The molecule has 2 N–H and O–H groups in total. The third-order valence-electron chi connectivity index (χ3n) is 6.31. The summed E-state index contributed by atoms with van der Waals surface area (Å²) < 4.78 is 0. The van der Waals surface area contributed by atoms with Crippen LogP contribution in [0.25, 0.3) is 33.6 Å².